The van der Waals surface area contributed by atoms with E-state index in [0.717, 1.165) is 16.7 Å². The summed E-state index contributed by atoms with van der Waals surface area (Å²) >= 11 is 0. The number of nitriles is 1. The summed E-state index contributed by atoms with van der Waals surface area (Å²) in [5, 5.41) is 13.0. The van der Waals surface area contributed by atoms with Crippen LogP contribution in [0.15, 0.2) is 30.6 Å². The van der Waals surface area contributed by atoms with Gasteiger partial charge in [-0.25, -0.2) is 0 Å². The number of aryl methyl sites for hydroxylation is 2. The molecule has 0 radical (unpaired) electrons. The molecule has 0 bridgehead atoms. The highest BCUT2D eigenvalue weighted by Gasteiger charge is 2.04. The fourth-order valence-corrected chi connectivity index (χ4v) is 1.56. The third kappa shape index (κ3) is 1.75. The number of hydrogen-bond donors (Lipinski definition) is 0. The molecule has 0 unspecified atom stereocenters. The minimum atomic E-state index is 0.680. The van der Waals surface area contributed by atoms with E-state index >= 15 is 0 Å². The predicted octanol–water partition coefficient (Wildman–Crippen LogP) is 2.27. The second kappa shape index (κ2) is 3.58. The Labute approximate surface area is 88.6 Å². The molecule has 0 saturated carbocycles. The third-order valence-corrected chi connectivity index (χ3v) is 2.38. The Hall–Kier alpha value is -2.08. The quantitative estimate of drug-likeness (QED) is 0.703. The molecule has 2 aromatic rings. The molecular weight excluding hydrogens is 186 g/mol. The zero-order valence-electron chi connectivity index (χ0n) is 8.73. The standard InChI is InChI=1S/C12H11N3/c1-9-3-4-10(6-13)5-12(9)11-7-14-15(2)8-11/h3-5,7-8H,1-2H3. The van der Waals surface area contributed by atoms with Gasteiger partial charge >= 0.3 is 0 Å². The number of aromatic nitrogens is 2. The molecule has 1 aromatic heterocycles. The van der Waals surface area contributed by atoms with Crippen LogP contribution in [0.5, 0.6) is 0 Å². The number of benzene rings is 1. The van der Waals surface area contributed by atoms with Crippen molar-refractivity contribution in [3.8, 4) is 17.2 Å². The summed E-state index contributed by atoms with van der Waals surface area (Å²) in [5.41, 5.74) is 3.95. The molecule has 0 aliphatic carbocycles. The molecule has 74 valence electrons. The van der Waals surface area contributed by atoms with Gasteiger partial charge in [-0.05, 0) is 30.2 Å². The van der Waals surface area contributed by atoms with Gasteiger partial charge < -0.3 is 0 Å². The van der Waals surface area contributed by atoms with Gasteiger partial charge in [0.15, 0.2) is 0 Å². The molecule has 0 N–H and O–H groups in total. The van der Waals surface area contributed by atoms with Gasteiger partial charge in [0.05, 0.1) is 17.8 Å². The zero-order valence-corrected chi connectivity index (χ0v) is 8.73. The van der Waals surface area contributed by atoms with Gasteiger partial charge in [-0.3, -0.25) is 4.68 Å². The second-order valence-corrected chi connectivity index (χ2v) is 3.54. The van der Waals surface area contributed by atoms with Gasteiger partial charge in [0.2, 0.25) is 0 Å². The van der Waals surface area contributed by atoms with Crippen molar-refractivity contribution in [3.63, 3.8) is 0 Å². The average Bonchev–Trinajstić information content (AvgIpc) is 2.65. The molecule has 3 heteroatoms. The molecule has 0 aliphatic rings. The smallest absolute Gasteiger partial charge is 0.0991 e. The van der Waals surface area contributed by atoms with Crippen LogP contribution in [-0.4, -0.2) is 9.78 Å². The summed E-state index contributed by atoms with van der Waals surface area (Å²) < 4.78 is 1.76. The maximum absolute atomic E-state index is 8.83. The minimum Gasteiger partial charge on any atom is -0.275 e. The highest BCUT2D eigenvalue weighted by atomic mass is 15.2. The van der Waals surface area contributed by atoms with Gasteiger partial charge in [0.25, 0.3) is 0 Å². The molecule has 0 fully saturated rings. The van der Waals surface area contributed by atoms with Crippen molar-refractivity contribution in [2.24, 2.45) is 7.05 Å². The molecule has 1 heterocycles. The Balaban J connectivity index is 2.57. The summed E-state index contributed by atoms with van der Waals surface area (Å²) in [6.45, 7) is 2.03. The number of rotatable bonds is 1. The van der Waals surface area contributed by atoms with Crippen LogP contribution in [0, 0.1) is 18.3 Å². The van der Waals surface area contributed by atoms with Gasteiger partial charge in [0.1, 0.15) is 0 Å². The van der Waals surface area contributed by atoms with E-state index in [1.54, 1.807) is 4.68 Å². The van der Waals surface area contributed by atoms with Crippen molar-refractivity contribution in [2.45, 2.75) is 6.92 Å². The van der Waals surface area contributed by atoms with Crippen molar-refractivity contribution < 1.29 is 0 Å². The van der Waals surface area contributed by atoms with Gasteiger partial charge in [-0.1, -0.05) is 6.07 Å². The summed E-state index contributed by atoms with van der Waals surface area (Å²) in [4.78, 5) is 0. The van der Waals surface area contributed by atoms with E-state index in [-0.39, 0.29) is 0 Å². The van der Waals surface area contributed by atoms with Crippen LogP contribution < -0.4 is 0 Å². The van der Waals surface area contributed by atoms with E-state index < -0.39 is 0 Å². The van der Waals surface area contributed by atoms with Gasteiger partial charge in [-0.15, -0.1) is 0 Å². The van der Waals surface area contributed by atoms with Crippen LogP contribution in [0.4, 0.5) is 0 Å². The van der Waals surface area contributed by atoms with Crippen LogP contribution in [0.3, 0.4) is 0 Å². The highest BCUT2D eigenvalue weighted by molar-refractivity contribution is 5.67. The summed E-state index contributed by atoms with van der Waals surface area (Å²) in [7, 11) is 1.88. The summed E-state index contributed by atoms with van der Waals surface area (Å²) in [5.74, 6) is 0. The van der Waals surface area contributed by atoms with Crippen LogP contribution in [-0.2, 0) is 7.05 Å². The molecule has 3 nitrogen and oxygen atoms in total. The first-order chi connectivity index (χ1) is 7.20. The fraction of sp³-hybridized carbons (Fsp3) is 0.167. The van der Waals surface area contributed by atoms with Crippen molar-refractivity contribution in [1.29, 1.82) is 5.26 Å². The summed E-state index contributed by atoms with van der Waals surface area (Å²) in [6.07, 6.45) is 3.76. The highest BCUT2D eigenvalue weighted by Crippen LogP contribution is 2.23. The summed E-state index contributed by atoms with van der Waals surface area (Å²) in [6, 6.07) is 7.83. The minimum absolute atomic E-state index is 0.680. The molecule has 2 rings (SSSR count). The lowest BCUT2D eigenvalue weighted by Gasteiger charge is -2.02. The van der Waals surface area contributed by atoms with Crippen molar-refractivity contribution in [2.75, 3.05) is 0 Å². The van der Waals surface area contributed by atoms with Crippen molar-refractivity contribution >= 4 is 0 Å². The first-order valence-electron chi connectivity index (χ1n) is 4.70. The lowest BCUT2D eigenvalue weighted by Crippen LogP contribution is -1.85. The maximum atomic E-state index is 8.83. The van der Waals surface area contributed by atoms with Crippen LogP contribution in [0.2, 0.25) is 0 Å². The first kappa shape index (κ1) is 9.47. The van der Waals surface area contributed by atoms with Gasteiger partial charge in [0, 0.05) is 18.8 Å². The monoisotopic (exact) mass is 197 g/mol. The van der Waals surface area contributed by atoms with E-state index in [0.29, 0.717) is 5.56 Å². The predicted molar refractivity (Wildman–Crippen MR) is 58.1 cm³/mol. The van der Waals surface area contributed by atoms with Crippen LogP contribution in [0.1, 0.15) is 11.1 Å². The Morgan fingerprint density at radius 1 is 1.40 bits per heavy atom. The van der Waals surface area contributed by atoms with Crippen molar-refractivity contribution in [1.82, 2.24) is 9.78 Å². The molecule has 0 spiro atoms. The Morgan fingerprint density at radius 2 is 2.20 bits per heavy atom. The SMILES string of the molecule is Cc1ccc(C#N)cc1-c1cnn(C)c1. The number of hydrogen-bond acceptors (Lipinski definition) is 2. The van der Waals surface area contributed by atoms with Crippen LogP contribution >= 0.6 is 0 Å². The lowest BCUT2D eigenvalue weighted by molar-refractivity contribution is 0.768. The lowest BCUT2D eigenvalue weighted by atomic mass is 10.0. The topological polar surface area (TPSA) is 41.6 Å². The molecular formula is C12H11N3. The fourth-order valence-electron chi connectivity index (χ4n) is 1.56. The Morgan fingerprint density at radius 3 is 2.80 bits per heavy atom. The molecule has 0 atom stereocenters. The Kier molecular flexibility index (Phi) is 2.26. The zero-order chi connectivity index (χ0) is 10.8. The maximum Gasteiger partial charge on any atom is 0.0991 e. The molecule has 0 aliphatic heterocycles. The molecule has 1 aromatic carbocycles. The third-order valence-electron chi connectivity index (χ3n) is 2.38. The van der Waals surface area contributed by atoms with E-state index in [9.17, 15) is 0 Å². The first-order valence-corrected chi connectivity index (χ1v) is 4.70. The molecule has 0 amide bonds. The average molecular weight is 197 g/mol. The van der Waals surface area contributed by atoms with Crippen LogP contribution in [0.25, 0.3) is 11.1 Å². The van der Waals surface area contributed by atoms with E-state index in [4.69, 9.17) is 5.26 Å². The normalized spacial score (nSPS) is 9.93. The van der Waals surface area contributed by atoms with E-state index in [2.05, 4.69) is 11.2 Å². The molecule has 15 heavy (non-hydrogen) atoms. The molecule has 0 saturated heterocycles. The van der Waals surface area contributed by atoms with E-state index in [1.165, 1.54) is 0 Å². The largest absolute Gasteiger partial charge is 0.275 e. The second-order valence-electron chi connectivity index (χ2n) is 3.54. The Bertz CT molecular complexity index is 532. The number of nitrogens with zero attached hydrogens (tertiary/aromatic N) is 3. The van der Waals surface area contributed by atoms with Crippen molar-refractivity contribution in [3.05, 3.63) is 41.7 Å². The van der Waals surface area contributed by atoms with Gasteiger partial charge in [-0.2, -0.15) is 10.4 Å². The van der Waals surface area contributed by atoms with E-state index in [1.807, 2.05) is 44.6 Å².